The summed E-state index contributed by atoms with van der Waals surface area (Å²) in [6.07, 6.45) is 6.74. The van der Waals surface area contributed by atoms with E-state index >= 15 is 0 Å². The molecule has 1 N–H and O–H groups in total. The molecule has 166 valence electrons. The molecule has 0 aliphatic heterocycles. The molecule has 32 heavy (non-hydrogen) atoms. The average molecular weight is 435 g/mol. The van der Waals surface area contributed by atoms with Gasteiger partial charge in [-0.15, -0.1) is 5.10 Å². The maximum atomic E-state index is 13.4. The van der Waals surface area contributed by atoms with Gasteiger partial charge in [0.2, 0.25) is 0 Å². The summed E-state index contributed by atoms with van der Waals surface area (Å²) in [5.41, 5.74) is 0.697. The van der Waals surface area contributed by atoms with Crippen molar-refractivity contribution in [3.63, 3.8) is 0 Å². The summed E-state index contributed by atoms with van der Waals surface area (Å²) in [4.78, 5) is 35.5. The molecule has 1 aliphatic rings. The van der Waals surface area contributed by atoms with Crippen molar-refractivity contribution in [2.75, 3.05) is 7.11 Å². The minimum Gasteiger partial charge on any atom is -0.377 e. The Morgan fingerprint density at radius 3 is 2.59 bits per heavy atom. The number of hydrogen-bond acceptors (Lipinski definition) is 6. The Balaban J connectivity index is 1.65. The van der Waals surface area contributed by atoms with Gasteiger partial charge < -0.3 is 9.30 Å². The molecule has 0 saturated heterocycles. The molecule has 1 fully saturated rings. The zero-order valence-corrected chi connectivity index (χ0v) is 18.4. The molecule has 0 spiro atoms. The van der Waals surface area contributed by atoms with Crippen LogP contribution in [-0.4, -0.2) is 36.4 Å². The maximum absolute atomic E-state index is 13.4. The summed E-state index contributed by atoms with van der Waals surface area (Å²) < 4.78 is 8.23. The van der Waals surface area contributed by atoms with Crippen molar-refractivity contribution >= 4 is 21.8 Å². The fourth-order valence-electron chi connectivity index (χ4n) is 4.80. The van der Waals surface area contributed by atoms with Crippen LogP contribution < -0.4 is 11.1 Å². The predicted molar refractivity (Wildman–Crippen MR) is 121 cm³/mol. The van der Waals surface area contributed by atoms with Crippen LogP contribution in [-0.2, 0) is 11.3 Å². The third-order valence-electron chi connectivity index (χ3n) is 6.81. The lowest BCUT2D eigenvalue weighted by Crippen LogP contribution is -2.33. The lowest BCUT2D eigenvalue weighted by Gasteiger charge is -2.35. The summed E-state index contributed by atoms with van der Waals surface area (Å²) in [5.74, 6) is 1.73. The first-order valence-corrected chi connectivity index (χ1v) is 11.0. The van der Waals surface area contributed by atoms with Crippen LogP contribution in [0.5, 0.6) is 0 Å². The first kappa shape index (κ1) is 20.6. The number of aromatic nitrogens is 6. The van der Waals surface area contributed by atoms with Crippen LogP contribution in [0, 0.1) is 11.8 Å². The highest BCUT2D eigenvalue weighted by molar-refractivity contribution is 5.91. The molecule has 5 rings (SSSR count). The van der Waals surface area contributed by atoms with Gasteiger partial charge >= 0.3 is 0 Å². The van der Waals surface area contributed by atoms with Crippen molar-refractivity contribution in [3.8, 4) is 5.95 Å². The lowest BCUT2D eigenvalue weighted by molar-refractivity contribution is 0.178. The van der Waals surface area contributed by atoms with Gasteiger partial charge in [-0.3, -0.25) is 14.7 Å². The van der Waals surface area contributed by atoms with Gasteiger partial charge in [-0.2, -0.15) is 4.98 Å². The molecular formula is C23H26N6O3. The van der Waals surface area contributed by atoms with Crippen molar-refractivity contribution in [1.82, 2.24) is 29.3 Å². The predicted octanol–water partition coefficient (Wildman–Crippen LogP) is 2.96. The second kappa shape index (κ2) is 7.98. The molecule has 3 atom stereocenters. The number of H-pyrrole nitrogens is 1. The summed E-state index contributed by atoms with van der Waals surface area (Å²) in [5, 5.41) is 7.67. The number of aromatic amines is 1. The van der Waals surface area contributed by atoms with Gasteiger partial charge in [-0.1, -0.05) is 26.7 Å². The van der Waals surface area contributed by atoms with E-state index in [1.807, 2.05) is 16.8 Å². The van der Waals surface area contributed by atoms with E-state index in [4.69, 9.17) is 4.74 Å². The van der Waals surface area contributed by atoms with E-state index in [-0.39, 0.29) is 29.7 Å². The number of pyridine rings is 3. The fourth-order valence-corrected chi connectivity index (χ4v) is 4.80. The standard InChI is InChI=1S/C23H26N6O3/c1-13-5-4-6-19(14(13)2)28-9-7-17-15(21(28)30)11-16-18(24-17)8-10-29(22(16)31)23-25-20(12-32-3)26-27-23/h7-11,13-14,19H,4-6,12H2,1-3H3,(H,25,26,27)/t13-,14-,19-/m0/s1. The number of rotatable bonds is 4. The summed E-state index contributed by atoms with van der Waals surface area (Å²) >= 11 is 0. The highest BCUT2D eigenvalue weighted by atomic mass is 16.5. The second-order valence-corrected chi connectivity index (χ2v) is 8.72. The first-order valence-electron chi connectivity index (χ1n) is 11.0. The molecule has 4 aromatic rings. The number of fused-ring (bicyclic) bond motifs is 2. The average Bonchev–Trinajstić information content (AvgIpc) is 3.24. The van der Waals surface area contributed by atoms with Gasteiger partial charge in [-0.25, -0.2) is 9.55 Å². The number of hydrogen-bond donors (Lipinski definition) is 1. The zero-order chi connectivity index (χ0) is 22.4. The van der Waals surface area contributed by atoms with Gasteiger partial charge in [0, 0.05) is 25.5 Å². The molecule has 0 aromatic carbocycles. The Bertz CT molecular complexity index is 1420. The monoisotopic (exact) mass is 434 g/mol. The number of nitrogens with zero attached hydrogens (tertiary/aromatic N) is 5. The highest BCUT2D eigenvalue weighted by Crippen LogP contribution is 2.37. The van der Waals surface area contributed by atoms with Crippen molar-refractivity contribution in [2.45, 2.75) is 45.8 Å². The molecule has 0 unspecified atom stereocenters. The largest absolute Gasteiger partial charge is 0.377 e. The molecule has 1 saturated carbocycles. The van der Waals surface area contributed by atoms with Crippen LogP contribution >= 0.6 is 0 Å². The summed E-state index contributed by atoms with van der Waals surface area (Å²) in [6, 6.07) is 5.43. The maximum Gasteiger partial charge on any atom is 0.267 e. The minimum atomic E-state index is -0.325. The van der Waals surface area contributed by atoms with Crippen molar-refractivity contribution in [2.24, 2.45) is 11.8 Å². The molecule has 0 radical (unpaired) electrons. The van der Waals surface area contributed by atoms with Crippen molar-refractivity contribution in [3.05, 3.63) is 57.1 Å². The highest BCUT2D eigenvalue weighted by Gasteiger charge is 2.29. The van der Waals surface area contributed by atoms with E-state index in [0.29, 0.717) is 39.5 Å². The molecule has 0 bridgehead atoms. The van der Waals surface area contributed by atoms with E-state index < -0.39 is 0 Å². The molecule has 9 heteroatoms. The lowest BCUT2D eigenvalue weighted by atomic mass is 9.78. The van der Waals surface area contributed by atoms with Crippen LogP contribution in [0.4, 0.5) is 0 Å². The minimum absolute atomic E-state index is 0.0991. The van der Waals surface area contributed by atoms with E-state index in [9.17, 15) is 9.59 Å². The molecule has 4 heterocycles. The molecule has 4 aromatic heterocycles. The third kappa shape index (κ3) is 3.33. The van der Waals surface area contributed by atoms with Crippen LogP contribution in [0.25, 0.3) is 27.8 Å². The summed E-state index contributed by atoms with van der Waals surface area (Å²) in [6.45, 7) is 4.73. The van der Waals surface area contributed by atoms with Crippen LogP contribution in [0.3, 0.4) is 0 Å². The van der Waals surface area contributed by atoms with Crippen molar-refractivity contribution < 1.29 is 4.74 Å². The molecule has 1 aliphatic carbocycles. The van der Waals surface area contributed by atoms with E-state index in [2.05, 4.69) is 34.0 Å². The Kier molecular flexibility index (Phi) is 5.13. The fraction of sp³-hybridized carbons (Fsp3) is 0.435. The van der Waals surface area contributed by atoms with Gasteiger partial charge in [0.15, 0.2) is 5.82 Å². The second-order valence-electron chi connectivity index (χ2n) is 8.72. The van der Waals surface area contributed by atoms with Crippen LogP contribution in [0.1, 0.15) is 45.0 Å². The zero-order valence-electron chi connectivity index (χ0n) is 18.4. The van der Waals surface area contributed by atoms with E-state index in [1.165, 1.54) is 11.0 Å². The Morgan fingerprint density at radius 1 is 1.06 bits per heavy atom. The number of ether oxygens (including phenoxy) is 1. The van der Waals surface area contributed by atoms with Crippen LogP contribution in [0.2, 0.25) is 0 Å². The Labute approximate surface area is 184 Å². The Hall–Kier alpha value is -3.33. The van der Waals surface area contributed by atoms with Gasteiger partial charge in [-0.05, 0) is 36.5 Å². The number of nitrogens with one attached hydrogen (secondary N) is 1. The van der Waals surface area contributed by atoms with Crippen molar-refractivity contribution in [1.29, 1.82) is 0 Å². The van der Waals surface area contributed by atoms with Gasteiger partial charge in [0.25, 0.3) is 17.1 Å². The first-order chi connectivity index (χ1) is 15.5. The van der Waals surface area contributed by atoms with Gasteiger partial charge in [0.05, 0.1) is 21.8 Å². The molecular weight excluding hydrogens is 408 g/mol. The van der Waals surface area contributed by atoms with Gasteiger partial charge in [0.1, 0.15) is 6.61 Å². The number of methoxy groups -OCH3 is 1. The Morgan fingerprint density at radius 2 is 1.81 bits per heavy atom. The quantitative estimate of drug-likeness (QED) is 0.495. The molecule has 9 nitrogen and oxygen atoms in total. The normalized spacial score (nSPS) is 21.4. The third-order valence-corrected chi connectivity index (χ3v) is 6.81. The topological polar surface area (TPSA) is 108 Å². The summed E-state index contributed by atoms with van der Waals surface area (Å²) in [7, 11) is 1.56. The van der Waals surface area contributed by atoms with Crippen LogP contribution in [0.15, 0.2) is 40.2 Å². The smallest absolute Gasteiger partial charge is 0.267 e. The van der Waals surface area contributed by atoms with E-state index in [1.54, 1.807) is 25.4 Å². The molecule has 0 amide bonds. The SMILES string of the molecule is COCc1nc(-n2ccc3nc4ccn([C@H]5CCC[C@H](C)[C@@H]5C)c(=O)c4cc3c2=O)n[nH]1. The van der Waals surface area contributed by atoms with E-state index in [0.717, 1.165) is 12.8 Å².